The smallest absolute Gasteiger partial charge is 0.339 e. The lowest BCUT2D eigenvalue weighted by atomic mass is 10.1. The number of likely N-dealkylation sites (N-methyl/N-ethyl adjacent to an activating group) is 1. The van der Waals surface area contributed by atoms with Crippen LogP contribution in [0, 0.1) is 0 Å². The van der Waals surface area contributed by atoms with Crippen LogP contribution in [-0.2, 0) is 9.53 Å². The van der Waals surface area contributed by atoms with E-state index in [1.54, 1.807) is 25.1 Å². The summed E-state index contributed by atoms with van der Waals surface area (Å²) in [6.45, 7) is 3.88. The van der Waals surface area contributed by atoms with E-state index in [2.05, 4.69) is 11.9 Å². The number of benzene rings is 1. The van der Waals surface area contributed by atoms with Gasteiger partial charge < -0.3 is 24.2 Å². The van der Waals surface area contributed by atoms with E-state index >= 15 is 0 Å². The second kappa shape index (κ2) is 8.17. The number of hydrogen-bond donors (Lipinski definition) is 1. The van der Waals surface area contributed by atoms with Crippen molar-refractivity contribution in [3.63, 3.8) is 0 Å². The fourth-order valence-electron chi connectivity index (χ4n) is 2.70. The van der Waals surface area contributed by atoms with Gasteiger partial charge in [0.05, 0.1) is 13.7 Å². The summed E-state index contributed by atoms with van der Waals surface area (Å²) in [4.78, 5) is 13.9. The molecule has 0 saturated carbocycles. The predicted octanol–water partition coefficient (Wildman–Crippen LogP) is 1.76. The van der Waals surface area contributed by atoms with Crippen molar-refractivity contribution in [3.8, 4) is 11.5 Å². The number of aliphatic hydroxyl groups is 1. The Morgan fingerprint density at radius 1 is 1.43 bits per heavy atom. The fourth-order valence-corrected chi connectivity index (χ4v) is 2.70. The third-order valence-corrected chi connectivity index (χ3v) is 3.89. The number of ether oxygens (including phenoxy) is 3. The van der Waals surface area contributed by atoms with Crippen molar-refractivity contribution in [2.24, 2.45) is 0 Å². The van der Waals surface area contributed by atoms with Crippen molar-refractivity contribution in [2.75, 3.05) is 33.9 Å². The molecule has 6 nitrogen and oxygen atoms in total. The zero-order valence-electron chi connectivity index (χ0n) is 13.9. The average Bonchev–Trinajstić information content (AvgIpc) is 2.55. The lowest BCUT2D eigenvalue weighted by Gasteiger charge is -2.30. The quantitative estimate of drug-likeness (QED) is 0.805. The van der Waals surface area contributed by atoms with E-state index < -0.39 is 12.1 Å². The molecule has 0 aromatic heterocycles. The molecule has 1 heterocycles. The number of carbonyl (C=O) groups is 1. The number of carbonyl (C=O) groups excluding carboxylic acids is 1. The molecule has 1 saturated heterocycles. The van der Waals surface area contributed by atoms with E-state index in [4.69, 9.17) is 14.2 Å². The first kappa shape index (κ1) is 17.6. The van der Waals surface area contributed by atoms with Crippen LogP contribution in [0.5, 0.6) is 11.5 Å². The van der Waals surface area contributed by atoms with Crippen LogP contribution in [0.3, 0.4) is 0 Å². The molecule has 128 valence electrons. The van der Waals surface area contributed by atoms with E-state index in [1.807, 2.05) is 0 Å². The molecule has 0 radical (unpaired) electrons. The summed E-state index contributed by atoms with van der Waals surface area (Å²) in [7, 11) is 3.61. The normalized spacial score (nSPS) is 19.9. The maximum absolute atomic E-state index is 11.6. The van der Waals surface area contributed by atoms with E-state index in [0.29, 0.717) is 17.1 Å². The molecule has 1 aliphatic heterocycles. The lowest BCUT2D eigenvalue weighted by Crippen LogP contribution is -2.38. The van der Waals surface area contributed by atoms with Gasteiger partial charge in [0.15, 0.2) is 17.6 Å². The molecular weight excluding hydrogens is 298 g/mol. The minimum Gasteiger partial charge on any atom is -0.493 e. The molecule has 6 heteroatoms. The zero-order chi connectivity index (χ0) is 16.8. The minimum atomic E-state index is -1.32. The van der Waals surface area contributed by atoms with Crippen LogP contribution in [0.15, 0.2) is 18.2 Å². The molecule has 2 atom stereocenters. The molecule has 0 bridgehead atoms. The summed E-state index contributed by atoms with van der Waals surface area (Å²) in [5.41, 5.74) is 0.424. The van der Waals surface area contributed by atoms with Crippen LogP contribution in [0.1, 0.15) is 31.4 Å². The van der Waals surface area contributed by atoms with Crippen LogP contribution in [0.4, 0.5) is 0 Å². The van der Waals surface area contributed by atoms with Gasteiger partial charge in [-0.1, -0.05) is 6.07 Å². The lowest BCUT2D eigenvalue weighted by molar-refractivity contribution is -0.153. The summed E-state index contributed by atoms with van der Waals surface area (Å²) >= 11 is 0. The van der Waals surface area contributed by atoms with E-state index in [-0.39, 0.29) is 12.7 Å². The summed E-state index contributed by atoms with van der Waals surface area (Å²) in [6.07, 6.45) is 0.895. The predicted molar refractivity (Wildman–Crippen MR) is 85.7 cm³/mol. The largest absolute Gasteiger partial charge is 0.493 e. The highest BCUT2D eigenvalue weighted by Crippen LogP contribution is 2.32. The number of piperidine rings is 1. The number of aliphatic hydroxyl groups excluding tert-OH is 1. The van der Waals surface area contributed by atoms with Crippen molar-refractivity contribution in [1.82, 2.24) is 4.90 Å². The second-order valence-electron chi connectivity index (χ2n) is 5.71. The van der Waals surface area contributed by atoms with Crippen LogP contribution >= 0.6 is 0 Å². The highest BCUT2D eigenvalue weighted by Gasteiger charge is 2.23. The molecule has 1 N–H and O–H groups in total. The van der Waals surface area contributed by atoms with Gasteiger partial charge in [-0.3, -0.25) is 0 Å². The summed E-state index contributed by atoms with van der Waals surface area (Å²) < 4.78 is 16.2. The summed E-state index contributed by atoms with van der Waals surface area (Å²) in [5.74, 6) is 0.448. The summed E-state index contributed by atoms with van der Waals surface area (Å²) in [5, 5.41) is 10.0. The van der Waals surface area contributed by atoms with Gasteiger partial charge >= 0.3 is 5.97 Å². The Morgan fingerprint density at radius 3 is 2.87 bits per heavy atom. The molecule has 2 rings (SSSR count). The SMILES string of the molecule is CCOC(=O)C(O)c1ccc(OC2CCCN(C)C2)c(OC)c1. The molecule has 23 heavy (non-hydrogen) atoms. The second-order valence-corrected chi connectivity index (χ2v) is 5.71. The minimum absolute atomic E-state index is 0.114. The first-order valence-electron chi connectivity index (χ1n) is 7.93. The van der Waals surface area contributed by atoms with Gasteiger partial charge in [0.2, 0.25) is 0 Å². The third-order valence-electron chi connectivity index (χ3n) is 3.89. The number of esters is 1. The van der Waals surface area contributed by atoms with Crippen LogP contribution in [-0.4, -0.2) is 55.9 Å². The van der Waals surface area contributed by atoms with Gasteiger partial charge in [0.25, 0.3) is 0 Å². The fraction of sp³-hybridized carbons (Fsp3) is 0.588. The van der Waals surface area contributed by atoms with Gasteiger partial charge in [-0.2, -0.15) is 0 Å². The Labute approximate surface area is 136 Å². The van der Waals surface area contributed by atoms with Crippen LogP contribution < -0.4 is 9.47 Å². The van der Waals surface area contributed by atoms with Gasteiger partial charge in [-0.25, -0.2) is 4.79 Å². The van der Waals surface area contributed by atoms with Crippen LogP contribution in [0.25, 0.3) is 0 Å². The molecule has 0 amide bonds. The number of likely N-dealkylation sites (tertiary alicyclic amines) is 1. The average molecular weight is 323 g/mol. The Balaban J connectivity index is 2.11. The first-order chi connectivity index (χ1) is 11.0. The first-order valence-corrected chi connectivity index (χ1v) is 7.93. The van der Waals surface area contributed by atoms with E-state index in [1.165, 1.54) is 7.11 Å². The summed E-state index contributed by atoms with van der Waals surface area (Å²) in [6, 6.07) is 5.00. The maximum atomic E-state index is 11.6. The van der Waals surface area contributed by atoms with Crippen molar-refractivity contribution >= 4 is 5.97 Å². The van der Waals surface area contributed by atoms with E-state index in [0.717, 1.165) is 25.9 Å². The highest BCUT2D eigenvalue weighted by atomic mass is 16.5. The van der Waals surface area contributed by atoms with Crippen LogP contribution in [0.2, 0.25) is 0 Å². The monoisotopic (exact) mass is 323 g/mol. The molecule has 1 aliphatic rings. The topological polar surface area (TPSA) is 68.2 Å². The number of rotatable bonds is 6. The van der Waals surface area contributed by atoms with E-state index in [9.17, 15) is 9.90 Å². The zero-order valence-corrected chi connectivity index (χ0v) is 13.9. The van der Waals surface area contributed by atoms with Gasteiger partial charge in [-0.15, -0.1) is 0 Å². The number of hydrogen-bond acceptors (Lipinski definition) is 6. The molecule has 1 fully saturated rings. The van der Waals surface area contributed by atoms with Gasteiger partial charge in [0.1, 0.15) is 6.10 Å². The Bertz CT molecular complexity index is 534. The molecular formula is C17H25NO5. The molecule has 0 aliphatic carbocycles. The standard InChI is InChI=1S/C17H25NO5/c1-4-22-17(20)16(19)12-7-8-14(15(10-12)21-3)23-13-6-5-9-18(2)11-13/h7-8,10,13,16,19H,4-6,9,11H2,1-3H3. The van der Waals surface area contributed by atoms with Crippen molar-refractivity contribution < 1.29 is 24.1 Å². The number of nitrogens with zero attached hydrogens (tertiary/aromatic N) is 1. The Morgan fingerprint density at radius 2 is 2.22 bits per heavy atom. The van der Waals surface area contributed by atoms with Crippen molar-refractivity contribution in [3.05, 3.63) is 23.8 Å². The third kappa shape index (κ3) is 4.59. The Hall–Kier alpha value is -1.79. The van der Waals surface area contributed by atoms with Crippen molar-refractivity contribution in [1.29, 1.82) is 0 Å². The molecule has 2 unspecified atom stereocenters. The Kier molecular flexibility index (Phi) is 6.24. The van der Waals surface area contributed by atoms with Gasteiger partial charge in [0, 0.05) is 6.54 Å². The maximum Gasteiger partial charge on any atom is 0.339 e. The molecule has 1 aromatic carbocycles. The molecule has 1 aromatic rings. The molecule has 0 spiro atoms. The number of methoxy groups -OCH3 is 1. The van der Waals surface area contributed by atoms with Gasteiger partial charge in [-0.05, 0) is 51.1 Å². The van der Waals surface area contributed by atoms with Crippen molar-refractivity contribution in [2.45, 2.75) is 32.0 Å². The highest BCUT2D eigenvalue weighted by molar-refractivity contribution is 5.76.